The fourth-order valence-electron chi connectivity index (χ4n) is 1.72. The van der Waals surface area contributed by atoms with Gasteiger partial charge in [-0.3, -0.25) is 4.79 Å². The molecule has 0 bridgehead atoms. The summed E-state index contributed by atoms with van der Waals surface area (Å²) in [6.07, 6.45) is 2.80. The third kappa shape index (κ3) is 4.47. The van der Waals surface area contributed by atoms with Crippen LogP contribution < -0.4 is 10.6 Å². The number of carbonyl (C=O) groups is 1. The highest BCUT2D eigenvalue weighted by atomic mass is 16.3. The molecule has 0 aromatic heterocycles. The van der Waals surface area contributed by atoms with Gasteiger partial charge < -0.3 is 15.7 Å². The standard InChI is InChI=1S/C14H20N2O2/c17-10-12-3-1-11(2-4-12)9-15-8-7-14(18)16-13-5-6-13/h1-4,13,15,17H,5-10H2,(H,16,18). The minimum Gasteiger partial charge on any atom is -0.392 e. The van der Waals surface area contributed by atoms with Crippen LogP contribution in [0.25, 0.3) is 0 Å². The zero-order valence-electron chi connectivity index (χ0n) is 10.5. The molecule has 4 heteroatoms. The Bertz CT molecular complexity index is 385. The lowest BCUT2D eigenvalue weighted by molar-refractivity contribution is -0.121. The summed E-state index contributed by atoms with van der Waals surface area (Å²) in [5, 5.41) is 15.1. The van der Waals surface area contributed by atoms with E-state index >= 15 is 0 Å². The lowest BCUT2D eigenvalue weighted by Gasteiger charge is -2.06. The van der Waals surface area contributed by atoms with Gasteiger partial charge >= 0.3 is 0 Å². The van der Waals surface area contributed by atoms with Crippen LogP contribution in [-0.2, 0) is 17.9 Å². The van der Waals surface area contributed by atoms with E-state index in [9.17, 15) is 4.79 Å². The Kier molecular flexibility index (Phi) is 4.73. The van der Waals surface area contributed by atoms with Crippen molar-refractivity contribution in [2.45, 2.75) is 38.5 Å². The fourth-order valence-corrected chi connectivity index (χ4v) is 1.72. The van der Waals surface area contributed by atoms with Crippen molar-refractivity contribution in [3.8, 4) is 0 Å². The lowest BCUT2D eigenvalue weighted by Crippen LogP contribution is -2.28. The Morgan fingerprint density at radius 1 is 1.22 bits per heavy atom. The average Bonchev–Trinajstić information content (AvgIpc) is 3.19. The number of hydrogen-bond acceptors (Lipinski definition) is 3. The molecule has 0 spiro atoms. The molecular weight excluding hydrogens is 228 g/mol. The SMILES string of the molecule is O=C(CCNCc1ccc(CO)cc1)NC1CC1. The van der Waals surface area contributed by atoms with E-state index in [0.29, 0.717) is 19.0 Å². The number of aliphatic hydroxyl groups excluding tert-OH is 1. The molecule has 0 heterocycles. The van der Waals surface area contributed by atoms with E-state index in [1.807, 2.05) is 24.3 Å². The van der Waals surface area contributed by atoms with Gasteiger partial charge in [0.2, 0.25) is 5.91 Å². The van der Waals surface area contributed by atoms with E-state index in [-0.39, 0.29) is 12.5 Å². The molecule has 0 aliphatic heterocycles. The molecule has 1 fully saturated rings. The lowest BCUT2D eigenvalue weighted by atomic mass is 10.1. The highest BCUT2D eigenvalue weighted by Crippen LogP contribution is 2.18. The summed E-state index contributed by atoms with van der Waals surface area (Å²) in [6, 6.07) is 8.25. The van der Waals surface area contributed by atoms with Crippen LogP contribution in [0.4, 0.5) is 0 Å². The van der Waals surface area contributed by atoms with E-state index < -0.39 is 0 Å². The van der Waals surface area contributed by atoms with Gasteiger partial charge in [0.1, 0.15) is 0 Å². The van der Waals surface area contributed by atoms with Crippen LogP contribution in [0.2, 0.25) is 0 Å². The normalized spacial score (nSPS) is 14.5. The number of benzene rings is 1. The summed E-state index contributed by atoms with van der Waals surface area (Å²) in [5.41, 5.74) is 2.08. The van der Waals surface area contributed by atoms with Crippen molar-refractivity contribution < 1.29 is 9.90 Å². The topological polar surface area (TPSA) is 61.4 Å². The van der Waals surface area contributed by atoms with Gasteiger partial charge in [-0.2, -0.15) is 0 Å². The van der Waals surface area contributed by atoms with Crippen molar-refractivity contribution in [2.75, 3.05) is 6.54 Å². The molecule has 2 rings (SSSR count). The van der Waals surface area contributed by atoms with Crippen LogP contribution in [0, 0.1) is 0 Å². The van der Waals surface area contributed by atoms with Gasteiger partial charge in [-0.15, -0.1) is 0 Å². The van der Waals surface area contributed by atoms with Crippen LogP contribution in [0.15, 0.2) is 24.3 Å². The highest BCUT2D eigenvalue weighted by Gasteiger charge is 2.22. The molecule has 1 aliphatic rings. The number of hydrogen-bond donors (Lipinski definition) is 3. The Hall–Kier alpha value is -1.39. The van der Waals surface area contributed by atoms with Crippen molar-refractivity contribution in [2.24, 2.45) is 0 Å². The van der Waals surface area contributed by atoms with Gasteiger partial charge in [0, 0.05) is 25.6 Å². The van der Waals surface area contributed by atoms with E-state index in [1.165, 1.54) is 0 Å². The van der Waals surface area contributed by atoms with Crippen molar-refractivity contribution >= 4 is 5.91 Å². The Morgan fingerprint density at radius 2 is 1.89 bits per heavy atom. The summed E-state index contributed by atoms with van der Waals surface area (Å²) >= 11 is 0. The Balaban J connectivity index is 1.60. The van der Waals surface area contributed by atoms with Crippen LogP contribution in [0.3, 0.4) is 0 Å². The first-order chi connectivity index (χ1) is 8.78. The minimum atomic E-state index is 0.0784. The monoisotopic (exact) mass is 248 g/mol. The second-order valence-electron chi connectivity index (χ2n) is 4.74. The maximum atomic E-state index is 11.4. The zero-order valence-corrected chi connectivity index (χ0v) is 10.5. The Morgan fingerprint density at radius 3 is 2.50 bits per heavy atom. The van der Waals surface area contributed by atoms with E-state index in [0.717, 1.165) is 30.5 Å². The molecule has 1 amide bonds. The van der Waals surface area contributed by atoms with Crippen LogP contribution in [-0.4, -0.2) is 23.6 Å². The molecular formula is C14H20N2O2. The minimum absolute atomic E-state index is 0.0784. The molecule has 98 valence electrons. The van der Waals surface area contributed by atoms with Gasteiger partial charge in [0.05, 0.1) is 6.61 Å². The van der Waals surface area contributed by atoms with Crippen molar-refractivity contribution in [1.29, 1.82) is 0 Å². The molecule has 0 saturated heterocycles. The van der Waals surface area contributed by atoms with E-state index in [4.69, 9.17) is 5.11 Å². The second-order valence-corrected chi connectivity index (χ2v) is 4.74. The molecule has 1 saturated carbocycles. The number of carbonyl (C=O) groups excluding carboxylic acids is 1. The first kappa shape index (κ1) is 13.1. The number of aliphatic hydroxyl groups is 1. The van der Waals surface area contributed by atoms with Crippen LogP contribution >= 0.6 is 0 Å². The smallest absolute Gasteiger partial charge is 0.221 e. The predicted molar refractivity (Wildman–Crippen MR) is 69.9 cm³/mol. The molecule has 1 aromatic rings. The maximum absolute atomic E-state index is 11.4. The van der Waals surface area contributed by atoms with E-state index in [1.54, 1.807) is 0 Å². The predicted octanol–water partition coefficient (Wildman–Crippen LogP) is 0.937. The molecule has 0 atom stereocenters. The summed E-state index contributed by atoms with van der Waals surface area (Å²) < 4.78 is 0. The van der Waals surface area contributed by atoms with Gasteiger partial charge in [-0.25, -0.2) is 0 Å². The molecule has 18 heavy (non-hydrogen) atoms. The highest BCUT2D eigenvalue weighted by molar-refractivity contribution is 5.76. The van der Waals surface area contributed by atoms with Crippen LogP contribution in [0.1, 0.15) is 30.4 Å². The third-order valence-electron chi connectivity index (χ3n) is 3.01. The molecule has 1 aliphatic carbocycles. The molecule has 3 N–H and O–H groups in total. The maximum Gasteiger partial charge on any atom is 0.221 e. The second kappa shape index (κ2) is 6.52. The number of rotatable bonds is 7. The Labute approximate surface area is 107 Å². The molecule has 1 aromatic carbocycles. The summed E-state index contributed by atoms with van der Waals surface area (Å²) in [7, 11) is 0. The molecule has 0 radical (unpaired) electrons. The summed E-state index contributed by atoms with van der Waals surface area (Å²) in [5.74, 6) is 0.139. The molecule has 4 nitrogen and oxygen atoms in total. The largest absolute Gasteiger partial charge is 0.392 e. The summed E-state index contributed by atoms with van der Waals surface area (Å²) in [4.78, 5) is 11.4. The number of amides is 1. The van der Waals surface area contributed by atoms with Crippen molar-refractivity contribution in [1.82, 2.24) is 10.6 Å². The van der Waals surface area contributed by atoms with Crippen molar-refractivity contribution in [3.05, 3.63) is 35.4 Å². The van der Waals surface area contributed by atoms with Crippen LogP contribution in [0.5, 0.6) is 0 Å². The van der Waals surface area contributed by atoms with Gasteiger partial charge in [-0.05, 0) is 24.0 Å². The third-order valence-corrected chi connectivity index (χ3v) is 3.01. The first-order valence-electron chi connectivity index (χ1n) is 6.46. The molecule has 0 unspecified atom stereocenters. The van der Waals surface area contributed by atoms with Gasteiger partial charge in [0.15, 0.2) is 0 Å². The van der Waals surface area contributed by atoms with E-state index in [2.05, 4.69) is 10.6 Å². The quantitative estimate of drug-likeness (QED) is 0.629. The fraction of sp³-hybridized carbons (Fsp3) is 0.500. The summed E-state index contributed by atoms with van der Waals surface area (Å²) in [6.45, 7) is 1.53. The number of nitrogens with one attached hydrogen (secondary N) is 2. The van der Waals surface area contributed by atoms with Crippen molar-refractivity contribution in [3.63, 3.8) is 0 Å². The zero-order chi connectivity index (χ0) is 12.8. The average molecular weight is 248 g/mol. The van der Waals surface area contributed by atoms with Gasteiger partial charge in [-0.1, -0.05) is 24.3 Å². The van der Waals surface area contributed by atoms with Gasteiger partial charge in [0.25, 0.3) is 0 Å². The first-order valence-corrected chi connectivity index (χ1v) is 6.46.